The quantitative estimate of drug-likeness (QED) is 0.613. The number of rotatable bonds is 6. The molecule has 140 valence electrons. The van der Waals surface area contributed by atoms with Crippen LogP contribution in [0.1, 0.15) is 31.4 Å². The summed E-state index contributed by atoms with van der Waals surface area (Å²) >= 11 is 0. The van der Waals surface area contributed by atoms with Crippen molar-refractivity contribution in [1.29, 1.82) is 0 Å². The van der Waals surface area contributed by atoms with Gasteiger partial charge in [-0.2, -0.15) is 4.98 Å². The molecule has 1 aromatic heterocycles. The number of hydrogen-bond donors (Lipinski definition) is 3. The van der Waals surface area contributed by atoms with Crippen LogP contribution >= 0.6 is 0 Å². The molecule has 1 fully saturated rings. The summed E-state index contributed by atoms with van der Waals surface area (Å²) in [6.45, 7) is 3.32. The zero-order valence-corrected chi connectivity index (χ0v) is 15.4. The first kappa shape index (κ1) is 17.7. The lowest BCUT2D eigenvalue weighted by Gasteiger charge is -2.15. The van der Waals surface area contributed by atoms with Crippen molar-refractivity contribution < 1.29 is 9.84 Å². The minimum atomic E-state index is -0.520. The van der Waals surface area contributed by atoms with Crippen molar-refractivity contribution in [2.75, 3.05) is 23.8 Å². The normalized spacial score (nSPS) is 17.8. The summed E-state index contributed by atoms with van der Waals surface area (Å²) < 4.78 is 5.70. The van der Waals surface area contributed by atoms with E-state index in [-0.39, 0.29) is 6.10 Å². The zero-order chi connectivity index (χ0) is 18.6. The summed E-state index contributed by atoms with van der Waals surface area (Å²) in [6.07, 6.45) is 1.90. The van der Waals surface area contributed by atoms with Gasteiger partial charge in [0.05, 0.1) is 17.7 Å². The van der Waals surface area contributed by atoms with Gasteiger partial charge in [-0.3, -0.25) is 0 Å². The van der Waals surface area contributed by atoms with Crippen molar-refractivity contribution >= 4 is 28.4 Å². The second kappa shape index (κ2) is 7.90. The first-order valence-electron chi connectivity index (χ1n) is 9.36. The van der Waals surface area contributed by atoms with E-state index in [4.69, 9.17) is 4.74 Å². The molecule has 1 aliphatic rings. The average Bonchev–Trinajstić information content (AvgIpc) is 3.20. The third-order valence-corrected chi connectivity index (χ3v) is 4.75. The number of benzene rings is 2. The van der Waals surface area contributed by atoms with Crippen LogP contribution in [0.15, 0.2) is 48.5 Å². The van der Waals surface area contributed by atoms with Gasteiger partial charge in [-0.05, 0) is 49.6 Å². The molecule has 6 heteroatoms. The molecule has 2 aromatic carbocycles. The summed E-state index contributed by atoms with van der Waals surface area (Å²) in [4.78, 5) is 9.31. The van der Waals surface area contributed by atoms with Gasteiger partial charge in [0, 0.05) is 24.2 Å². The summed E-state index contributed by atoms with van der Waals surface area (Å²) in [6, 6.07) is 15.6. The topological polar surface area (TPSA) is 79.3 Å². The Balaban J connectivity index is 1.61. The molecule has 4 rings (SSSR count). The number of para-hydroxylation sites is 1. The van der Waals surface area contributed by atoms with Gasteiger partial charge in [-0.25, -0.2) is 4.98 Å². The van der Waals surface area contributed by atoms with E-state index in [2.05, 4.69) is 20.6 Å². The highest BCUT2D eigenvalue weighted by atomic mass is 16.5. The van der Waals surface area contributed by atoms with Gasteiger partial charge < -0.3 is 20.5 Å². The van der Waals surface area contributed by atoms with Crippen LogP contribution in [0.5, 0.6) is 0 Å². The molecule has 0 spiro atoms. The van der Waals surface area contributed by atoms with E-state index < -0.39 is 6.10 Å². The fourth-order valence-corrected chi connectivity index (χ4v) is 3.29. The summed E-state index contributed by atoms with van der Waals surface area (Å²) in [5.41, 5.74) is 2.56. The number of aromatic nitrogens is 2. The van der Waals surface area contributed by atoms with Crippen molar-refractivity contribution in [2.45, 2.75) is 32.0 Å². The maximum Gasteiger partial charge on any atom is 0.229 e. The van der Waals surface area contributed by atoms with Gasteiger partial charge in [-0.15, -0.1) is 0 Å². The van der Waals surface area contributed by atoms with Crippen molar-refractivity contribution in [3.05, 3.63) is 54.1 Å². The van der Waals surface area contributed by atoms with Crippen LogP contribution in [0, 0.1) is 0 Å². The van der Waals surface area contributed by atoms with Crippen molar-refractivity contribution in [3.63, 3.8) is 0 Å². The molecule has 0 saturated carbocycles. The first-order chi connectivity index (χ1) is 13.2. The van der Waals surface area contributed by atoms with Crippen LogP contribution in [0.25, 0.3) is 10.9 Å². The number of ether oxygens (including phenoxy) is 1. The molecule has 3 aromatic rings. The summed E-state index contributed by atoms with van der Waals surface area (Å²) in [7, 11) is 0. The lowest BCUT2D eigenvalue weighted by Crippen LogP contribution is -2.19. The van der Waals surface area contributed by atoms with E-state index in [1.54, 1.807) is 6.92 Å². The zero-order valence-electron chi connectivity index (χ0n) is 15.4. The molecule has 3 N–H and O–H groups in total. The largest absolute Gasteiger partial charge is 0.389 e. The molecule has 0 radical (unpaired) electrons. The van der Waals surface area contributed by atoms with E-state index >= 15 is 0 Å². The van der Waals surface area contributed by atoms with E-state index in [9.17, 15) is 5.11 Å². The average molecular weight is 364 g/mol. The minimum absolute atomic E-state index is 0.234. The number of hydrogen-bond acceptors (Lipinski definition) is 6. The minimum Gasteiger partial charge on any atom is -0.389 e. The van der Waals surface area contributed by atoms with Gasteiger partial charge in [0.1, 0.15) is 5.82 Å². The molecule has 0 bridgehead atoms. The molecule has 1 aliphatic heterocycles. The van der Waals surface area contributed by atoms with Gasteiger partial charge in [0.2, 0.25) is 5.95 Å². The van der Waals surface area contributed by atoms with Crippen molar-refractivity contribution in [2.24, 2.45) is 0 Å². The second-order valence-electron chi connectivity index (χ2n) is 6.86. The van der Waals surface area contributed by atoms with E-state index in [1.807, 2.05) is 48.5 Å². The molecule has 2 atom stereocenters. The van der Waals surface area contributed by atoms with Crippen LogP contribution in [0.3, 0.4) is 0 Å². The highest BCUT2D eigenvalue weighted by Crippen LogP contribution is 2.25. The van der Waals surface area contributed by atoms with Crippen molar-refractivity contribution in [3.8, 4) is 0 Å². The van der Waals surface area contributed by atoms with E-state index in [0.29, 0.717) is 5.95 Å². The summed E-state index contributed by atoms with van der Waals surface area (Å²) in [5, 5.41) is 17.5. The SMILES string of the molecule is C[C@H](O)c1cccc(Nc2nc(NC[C@H]3CCCO3)c3ccccc3n2)c1. The van der Waals surface area contributed by atoms with Crippen LogP contribution in [0.4, 0.5) is 17.5 Å². The molecule has 0 aliphatic carbocycles. The lowest BCUT2D eigenvalue weighted by atomic mass is 10.1. The van der Waals surface area contributed by atoms with Crippen LogP contribution in [-0.4, -0.2) is 34.3 Å². The third kappa shape index (κ3) is 4.18. The Kier molecular flexibility index (Phi) is 5.18. The molecule has 2 heterocycles. The molecular weight excluding hydrogens is 340 g/mol. The van der Waals surface area contributed by atoms with E-state index in [1.165, 1.54) is 0 Å². The molecule has 1 saturated heterocycles. The maximum atomic E-state index is 9.79. The Morgan fingerprint density at radius 1 is 1.19 bits per heavy atom. The standard InChI is InChI=1S/C21H24N4O2/c1-14(26)15-6-4-7-16(12-15)23-21-24-19-10-3-2-9-18(19)20(25-21)22-13-17-8-5-11-27-17/h2-4,6-7,9-10,12,14,17,26H,5,8,11,13H2,1H3,(H2,22,23,24,25)/t14-,17+/m0/s1. The Morgan fingerprint density at radius 3 is 2.89 bits per heavy atom. The Morgan fingerprint density at radius 2 is 2.07 bits per heavy atom. The Hall–Kier alpha value is -2.70. The smallest absolute Gasteiger partial charge is 0.229 e. The fraction of sp³-hybridized carbons (Fsp3) is 0.333. The Bertz CT molecular complexity index is 923. The predicted octanol–water partition coefficient (Wildman–Crippen LogP) is 4.02. The molecule has 27 heavy (non-hydrogen) atoms. The van der Waals surface area contributed by atoms with Crippen LogP contribution in [-0.2, 0) is 4.74 Å². The monoisotopic (exact) mass is 364 g/mol. The second-order valence-corrected chi connectivity index (χ2v) is 6.86. The van der Waals surface area contributed by atoms with Gasteiger partial charge in [-0.1, -0.05) is 24.3 Å². The molecule has 6 nitrogen and oxygen atoms in total. The number of nitrogens with zero attached hydrogens (tertiary/aromatic N) is 2. The number of anilines is 3. The van der Waals surface area contributed by atoms with Gasteiger partial charge >= 0.3 is 0 Å². The highest BCUT2D eigenvalue weighted by molar-refractivity contribution is 5.90. The van der Waals surface area contributed by atoms with Crippen LogP contribution in [0.2, 0.25) is 0 Å². The number of nitrogens with one attached hydrogen (secondary N) is 2. The van der Waals surface area contributed by atoms with Crippen molar-refractivity contribution in [1.82, 2.24) is 9.97 Å². The molecular formula is C21H24N4O2. The Labute approximate surface area is 158 Å². The number of fused-ring (bicyclic) bond motifs is 1. The summed E-state index contributed by atoms with van der Waals surface area (Å²) in [5.74, 6) is 1.32. The van der Waals surface area contributed by atoms with Gasteiger partial charge in [0.15, 0.2) is 0 Å². The number of aliphatic hydroxyl groups is 1. The van der Waals surface area contributed by atoms with E-state index in [0.717, 1.165) is 54.0 Å². The predicted molar refractivity (Wildman–Crippen MR) is 107 cm³/mol. The first-order valence-corrected chi connectivity index (χ1v) is 9.36. The lowest BCUT2D eigenvalue weighted by molar-refractivity contribution is 0.120. The molecule has 0 amide bonds. The molecule has 0 unspecified atom stereocenters. The van der Waals surface area contributed by atoms with Crippen LogP contribution < -0.4 is 10.6 Å². The number of aliphatic hydroxyl groups excluding tert-OH is 1. The third-order valence-electron chi connectivity index (χ3n) is 4.75. The fourth-order valence-electron chi connectivity index (χ4n) is 3.29. The highest BCUT2D eigenvalue weighted by Gasteiger charge is 2.16. The maximum absolute atomic E-state index is 9.79. The van der Waals surface area contributed by atoms with Gasteiger partial charge in [0.25, 0.3) is 0 Å².